The number of hydrogen-bond acceptors (Lipinski definition) is 7. The van der Waals surface area contributed by atoms with Crippen molar-refractivity contribution < 1.29 is 29.1 Å². The van der Waals surface area contributed by atoms with E-state index in [2.05, 4.69) is 30.9 Å². The number of carbonyl (C=O) groups excluding carboxylic acids is 4. The third-order valence-electron chi connectivity index (χ3n) is 5.53. The number of para-hydroxylation sites is 1. The first-order chi connectivity index (χ1) is 17.6. The fourth-order valence-corrected chi connectivity index (χ4v) is 3.67. The second-order valence-electron chi connectivity index (χ2n) is 8.36. The Balaban J connectivity index is 1.54. The predicted molar refractivity (Wildman–Crippen MR) is 131 cm³/mol. The highest BCUT2D eigenvalue weighted by Crippen LogP contribution is 2.18. The van der Waals surface area contributed by atoms with Gasteiger partial charge in [-0.05, 0) is 18.1 Å². The van der Waals surface area contributed by atoms with Crippen LogP contribution in [-0.2, 0) is 36.8 Å². The van der Waals surface area contributed by atoms with Gasteiger partial charge < -0.3 is 42.5 Å². The number of H-pyrrole nitrogens is 2. The molecule has 10 N–H and O–H groups in total. The summed E-state index contributed by atoms with van der Waals surface area (Å²) in [6, 6.07) is 3.77. The Hall–Kier alpha value is -4.72. The number of nitrogens with one attached hydrogen (secondary N) is 5. The van der Waals surface area contributed by atoms with Crippen LogP contribution in [0.2, 0.25) is 0 Å². The Kier molecular flexibility index (Phi) is 8.94. The van der Waals surface area contributed by atoms with E-state index in [0.717, 1.165) is 16.5 Å². The molecule has 3 aromatic rings. The van der Waals surface area contributed by atoms with Crippen molar-refractivity contribution in [1.82, 2.24) is 30.9 Å². The molecule has 0 saturated carbocycles. The van der Waals surface area contributed by atoms with E-state index in [1.165, 1.54) is 12.5 Å². The van der Waals surface area contributed by atoms with E-state index in [1.54, 1.807) is 6.20 Å². The number of fused-ring (bicyclic) bond motifs is 1. The minimum absolute atomic E-state index is 0.108. The zero-order chi connectivity index (χ0) is 26.9. The van der Waals surface area contributed by atoms with Gasteiger partial charge in [0.25, 0.3) is 0 Å². The van der Waals surface area contributed by atoms with Gasteiger partial charge in [0.05, 0.1) is 25.3 Å². The van der Waals surface area contributed by atoms with Crippen molar-refractivity contribution in [1.29, 1.82) is 0 Å². The smallest absolute Gasteiger partial charge is 0.326 e. The Morgan fingerprint density at radius 1 is 1.00 bits per heavy atom. The molecule has 0 aliphatic heterocycles. The van der Waals surface area contributed by atoms with Gasteiger partial charge in [0.1, 0.15) is 12.1 Å². The van der Waals surface area contributed by atoms with Gasteiger partial charge in [0, 0.05) is 35.4 Å². The molecule has 14 heteroatoms. The van der Waals surface area contributed by atoms with E-state index in [9.17, 15) is 29.1 Å². The predicted octanol–water partition coefficient (Wildman–Crippen LogP) is -1.95. The maximum absolute atomic E-state index is 12.7. The van der Waals surface area contributed by atoms with Crippen LogP contribution < -0.4 is 27.4 Å². The summed E-state index contributed by atoms with van der Waals surface area (Å²) in [7, 11) is 0. The lowest BCUT2D eigenvalue weighted by molar-refractivity contribution is -0.142. The van der Waals surface area contributed by atoms with Gasteiger partial charge in [-0.15, -0.1) is 0 Å². The highest BCUT2D eigenvalue weighted by Gasteiger charge is 2.28. The number of carbonyl (C=O) groups is 5. The maximum atomic E-state index is 12.7. The monoisotopic (exact) mass is 512 g/mol. The number of imidazole rings is 1. The Bertz CT molecular complexity index is 1270. The molecule has 3 atom stereocenters. The maximum Gasteiger partial charge on any atom is 0.326 e. The number of carboxylic acid groups (broad SMARTS) is 1. The number of aromatic amines is 2. The number of primary amides is 1. The lowest BCUT2D eigenvalue weighted by atomic mass is 10.1. The van der Waals surface area contributed by atoms with Crippen molar-refractivity contribution in [2.75, 3.05) is 6.54 Å². The first-order valence-electron chi connectivity index (χ1n) is 11.3. The van der Waals surface area contributed by atoms with Crippen molar-refractivity contribution in [3.8, 4) is 0 Å². The van der Waals surface area contributed by atoms with E-state index in [1.807, 2.05) is 24.3 Å². The summed E-state index contributed by atoms with van der Waals surface area (Å²) >= 11 is 0. The molecular formula is C23H28N8O6. The van der Waals surface area contributed by atoms with Gasteiger partial charge in [0.15, 0.2) is 0 Å². The van der Waals surface area contributed by atoms with E-state index in [4.69, 9.17) is 11.5 Å². The molecule has 2 aromatic heterocycles. The van der Waals surface area contributed by atoms with Crippen molar-refractivity contribution in [3.63, 3.8) is 0 Å². The molecule has 2 heterocycles. The van der Waals surface area contributed by atoms with Crippen LogP contribution in [0.25, 0.3) is 10.9 Å². The molecule has 0 aliphatic carbocycles. The summed E-state index contributed by atoms with van der Waals surface area (Å²) in [6.45, 7) is -0.528. The van der Waals surface area contributed by atoms with E-state index in [0.29, 0.717) is 5.69 Å². The largest absolute Gasteiger partial charge is 0.480 e. The fraction of sp³-hybridized carbons (Fsp3) is 0.304. The van der Waals surface area contributed by atoms with Crippen molar-refractivity contribution in [2.45, 2.75) is 37.4 Å². The molecule has 1 aromatic carbocycles. The molecule has 0 aliphatic rings. The third kappa shape index (κ3) is 7.63. The first kappa shape index (κ1) is 26.9. The van der Waals surface area contributed by atoms with Crippen LogP contribution >= 0.6 is 0 Å². The molecule has 196 valence electrons. The van der Waals surface area contributed by atoms with Gasteiger partial charge in [0.2, 0.25) is 23.6 Å². The number of amides is 4. The number of nitrogens with zero attached hydrogens (tertiary/aromatic N) is 1. The normalized spacial score (nSPS) is 13.3. The van der Waals surface area contributed by atoms with Crippen LogP contribution in [0, 0.1) is 0 Å². The Morgan fingerprint density at radius 3 is 2.43 bits per heavy atom. The molecule has 0 bridgehead atoms. The number of benzene rings is 1. The number of aliphatic carboxylic acids is 1. The summed E-state index contributed by atoms with van der Waals surface area (Å²) in [5.74, 6) is -4.55. The minimum atomic E-state index is -1.45. The summed E-state index contributed by atoms with van der Waals surface area (Å²) in [4.78, 5) is 70.1. The van der Waals surface area contributed by atoms with Crippen LogP contribution in [0.5, 0.6) is 0 Å². The van der Waals surface area contributed by atoms with Crippen molar-refractivity contribution >= 4 is 40.5 Å². The van der Waals surface area contributed by atoms with Crippen molar-refractivity contribution in [2.24, 2.45) is 11.5 Å². The highest BCUT2D eigenvalue weighted by molar-refractivity contribution is 5.95. The van der Waals surface area contributed by atoms with E-state index < -0.39 is 60.7 Å². The van der Waals surface area contributed by atoms with Gasteiger partial charge >= 0.3 is 5.97 Å². The topological polar surface area (TPSA) is 238 Å². The number of hydrogen-bond donors (Lipinski definition) is 8. The average Bonchev–Trinajstić information content (AvgIpc) is 3.51. The number of carboxylic acids is 1. The van der Waals surface area contributed by atoms with E-state index in [-0.39, 0.29) is 12.8 Å². The van der Waals surface area contributed by atoms with Gasteiger partial charge in [-0.3, -0.25) is 19.2 Å². The third-order valence-corrected chi connectivity index (χ3v) is 5.53. The van der Waals surface area contributed by atoms with E-state index >= 15 is 0 Å². The Morgan fingerprint density at radius 2 is 1.76 bits per heavy atom. The van der Waals surface area contributed by atoms with Crippen LogP contribution in [-0.4, -0.2) is 74.3 Å². The summed E-state index contributed by atoms with van der Waals surface area (Å²) in [5, 5.41) is 17.3. The zero-order valence-corrected chi connectivity index (χ0v) is 19.7. The molecule has 3 unspecified atom stereocenters. The number of aromatic nitrogens is 3. The lowest BCUT2D eigenvalue weighted by Crippen LogP contribution is -2.55. The molecule has 3 rings (SSSR count). The molecule has 37 heavy (non-hydrogen) atoms. The van der Waals surface area contributed by atoms with Crippen LogP contribution in [0.4, 0.5) is 0 Å². The summed E-state index contributed by atoms with van der Waals surface area (Å²) in [5.41, 5.74) is 13.4. The molecule has 0 saturated heterocycles. The van der Waals surface area contributed by atoms with Crippen LogP contribution in [0.3, 0.4) is 0 Å². The van der Waals surface area contributed by atoms with Gasteiger partial charge in [-0.2, -0.15) is 0 Å². The SMILES string of the molecule is NC(=O)CC(NC(=O)CNC(=O)C(N)Cc1c[nH]c2ccccc12)C(=O)NC(Cc1cnc[nH]1)C(=O)O. The second kappa shape index (κ2) is 12.3. The highest BCUT2D eigenvalue weighted by atomic mass is 16.4. The molecule has 0 radical (unpaired) electrons. The average molecular weight is 513 g/mol. The standard InChI is InChI=1S/C23H28N8O6/c24-15(5-12-8-27-16-4-2-1-3-14(12)16)21(34)28-10-20(33)30-17(7-19(25)32)22(35)31-18(23(36)37)6-13-9-26-11-29-13/h1-4,8-9,11,15,17-18,27H,5-7,10,24H2,(H2,25,32)(H,26,29)(H,28,34)(H,30,33)(H,31,35)(H,36,37). The first-order valence-corrected chi connectivity index (χ1v) is 11.3. The summed E-state index contributed by atoms with van der Waals surface area (Å²) < 4.78 is 0. The fourth-order valence-electron chi connectivity index (χ4n) is 3.67. The molecule has 0 spiro atoms. The number of nitrogens with two attached hydrogens (primary N) is 2. The quantitative estimate of drug-likeness (QED) is 0.128. The molecule has 14 nitrogen and oxygen atoms in total. The van der Waals surface area contributed by atoms with Crippen LogP contribution in [0.15, 0.2) is 43.0 Å². The van der Waals surface area contributed by atoms with Crippen LogP contribution in [0.1, 0.15) is 17.7 Å². The molecule has 4 amide bonds. The van der Waals surface area contributed by atoms with Gasteiger partial charge in [-0.25, -0.2) is 9.78 Å². The minimum Gasteiger partial charge on any atom is -0.480 e. The zero-order valence-electron chi connectivity index (χ0n) is 19.7. The number of rotatable bonds is 13. The summed E-state index contributed by atoms with van der Waals surface area (Å²) in [6.07, 6.45) is 4.04. The Labute approximate surface area is 210 Å². The lowest BCUT2D eigenvalue weighted by Gasteiger charge is -2.20. The van der Waals surface area contributed by atoms with Gasteiger partial charge in [-0.1, -0.05) is 18.2 Å². The second-order valence-corrected chi connectivity index (χ2v) is 8.36. The molecular weight excluding hydrogens is 484 g/mol. The van der Waals surface area contributed by atoms with Crippen molar-refractivity contribution in [3.05, 3.63) is 54.2 Å². The molecule has 0 fully saturated rings.